The van der Waals surface area contributed by atoms with Crippen LogP contribution in [0.3, 0.4) is 0 Å². The number of benzene rings is 2. The Bertz CT molecular complexity index is 760. The van der Waals surface area contributed by atoms with Crippen LogP contribution in [0.1, 0.15) is 11.1 Å². The van der Waals surface area contributed by atoms with Gasteiger partial charge in [0.15, 0.2) is 11.5 Å². The van der Waals surface area contributed by atoms with E-state index >= 15 is 0 Å². The van der Waals surface area contributed by atoms with Gasteiger partial charge in [-0.1, -0.05) is 11.2 Å². The van der Waals surface area contributed by atoms with Crippen LogP contribution in [0.2, 0.25) is 0 Å². The highest BCUT2D eigenvalue weighted by Gasteiger charge is 2.26. The third kappa shape index (κ3) is 1.96. The van der Waals surface area contributed by atoms with E-state index in [-0.39, 0.29) is 23.7 Å². The number of hydrogen-bond donors (Lipinski definition) is 1. The van der Waals surface area contributed by atoms with Gasteiger partial charge in [-0.3, -0.25) is 0 Å². The van der Waals surface area contributed by atoms with Gasteiger partial charge in [-0.05, 0) is 23.8 Å². The number of nitrogens with zero attached hydrogens (tertiary/aromatic N) is 1. The summed E-state index contributed by atoms with van der Waals surface area (Å²) in [5.41, 5.74) is 1.44. The summed E-state index contributed by atoms with van der Waals surface area (Å²) in [6, 6.07) is 6.07. The SMILES string of the molecule is C=NOc1ccc2c(c1F)OCc1c-2ccc(C=N)c1F. The monoisotopic (exact) mass is 288 g/mol. The van der Waals surface area contributed by atoms with Crippen LogP contribution in [0.25, 0.3) is 11.1 Å². The summed E-state index contributed by atoms with van der Waals surface area (Å²) in [7, 11) is 0. The zero-order valence-corrected chi connectivity index (χ0v) is 10.8. The zero-order chi connectivity index (χ0) is 15.0. The minimum absolute atomic E-state index is 0.00865. The first kappa shape index (κ1) is 13.2. The molecule has 0 amide bonds. The number of rotatable bonds is 3. The van der Waals surface area contributed by atoms with Crippen LogP contribution in [0, 0.1) is 17.0 Å². The largest absolute Gasteiger partial charge is 0.485 e. The van der Waals surface area contributed by atoms with Gasteiger partial charge in [-0.15, -0.1) is 0 Å². The molecule has 1 aliphatic rings. The fourth-order valence-electron chi connectivity index (χ4n) is 2.32. The van der Waals surface area contributed by atoms with Crippen molar-refractivity contribution in [2.24, 2.45) is 5.16 Å². The average molecular weight is 288 g/mol. The molecule has 21 heavy (non-hydrogen) atoms. The molecule has 3 rings (SSSR count). The van der Waals surface area contributed by atoms with E-state index in [1.54, 1.807) is 12.1 Å². The standard InChI is InChI=1S/C15H10F2N2O2/c1-19-21-12-5-4-10-9-3-2-8(6-18)13(16)11(9)7-20-15(10)14(12)17/h2-6,18H,1,7H2. The van der Waals surface area contributed by atoms with Crippen LogP contribution in [0.4, 0.5) is 8.78 Å². The molecule has 0 atom stereocenters. The zero-order valence-electron chi connectivity index (χ0n) is 10.8. The van der Waals surface area contributed by atoms with Gasteiger partial charge in [0.2, 0.25) is 5.82 Å². The second kappa shape index (κ2) is 4.97. The van der Waals surface area contributed by atoms with Gasteiger partial charge in [-0.25, -0.2) is 4.39 Å². The van der Waals surface area contributed by atoms with E-state index in [0.29, 0.717) is 16.7 Å². The lowest BCUT2D eigenvalue weighted by atomic mass is 9.94. The van der Waals surface area contributed by atoms with E-state index < -0.39 is 11.6 Å². The molecule has 0 radical (unpaired) electrons. The lowest BCUT2D eigenvalue weighted by Gasteiger charge is -2.22. The molecule has 0 spiro atoms. The predicted molar refractivity (Wildman–Crippen MR) is 74.2 cm³/mol. The molecular weight excluding hydrogens is 278 g/mol. The van der Waals surface area contributed by atoms with Crippen molar-refractivity contribution in [2.75, 3.05) is 0 Å². The van der Waals surface area contributed by atoms with Crippen molar-refractivity contribution in [2.45, 2.75) is 6.61 Å². The van der Waals surface area contributed by atoms with Crippen molar-refractivity contribution in [3.05, 3.63) is 47.0 Å². The third-order valence-electron chi connectivity index (χ3n) is 3.30. The number of ether oxygens (including phenoxy) is 1. The first-order valence-electron chi connectivity index (χ1n) is 6.08. The summed E-state index contributed by atoms with van der Waals surface area (Å²) < 4.78 is 33.7. The van der Waals surface area contributed by atoms with Gasteiger partial charge < -0.3 is 15.0 Å². The number of oxime groups is 1. The lowest BCUT2D eigenvalue weighted by molar-refractivity contribution is 0.267. The summed E-state index contributed by atoms with van der Waals surface area (Å²) >= 11 is 0. The van der Waals surface area contributed by atoms with Crippen molar-refractivity contribution < 1.29 is 18.4 Å². The lowest BCUT2D eigenvalue weighted by Crippen LogP contribution is -2.11. The average Bonchev–Trinajstić information content (AvgIpc) is 2.50. The second-order valence-electron chi connectivity index (χ2n) is 4.40. The Labute approximate surface area is 119 Å². The Morgan fingerprint density at radius 2 is 1.95 bits per heavy atom. The Hall–Kier alpha value is -2.76. The van der Waals surface area contributed by atoms with Crippen molar-refractivity contribution >= 4 is 12.9 Å². The topological polar surface area (TPSA) is 54.7 Å². The van der Waals surface area contributed by atoms with E-state index in [1.165, 1.54) is 12.1 Å². The molecule has 0 aliphatic carbocycles. The van der Waals surface area contributed by atoms with E-state index in [0.717, 1.165) is 6.21 Å². The predicted octanol–water partition coefficient (Wildman–Crippen LogP) is 3.52. The number of halogens is 2. The van der Waals surface area contributed by atoms with Crippen molar-refractivity contribution in [3.63, 3.8) is 0 Å². The minimum Gasteiger partial charge on any atom is -0.485 e. The Kier molecular flexibility index (Phi) is 3.13. The molecule has 1 N–H and O–H groups in total. The summed E-state index contributed by atoms with van der Waals surface area (Å²) in [6.45, 7) is 3.01. The summed E-state index contributed by atoms with van der Waals surface area (Å²) in [5, 5.41) is 10.3. The maximum Gasteiger partial charge on any atom is 0.210 e. The van der Waals surface area contributed by atoms with Crippen LogP contribution in [0.15, 0.2) is 29.4 Å². The molecule has 2 aromatic rings. The molecule has 2 aromatic carbocycles. The summed E-state index contributed by atoms with van der Waals surface area (Å²) in [4.78, 5) is 4.71. The van der Waals surface area contributed by atoms with E-state index in [1.807, 2.05) is 0 Å². The normalized spacial score (nSPS) is 11.9. The van der Waals surface area contributed by atoms with Crippen molar-refractivity contribution in [1.82, 2.24) is 0 Å². The molecule has 0 saturated carbocycles. The molecule has 0 unspecified atom stereocenters. The Morgan fingerprint density at radius 1 is 1.19 bits per heavy atom. The highest BCUT2D eigenvalue weighted by Crippen LogP contribution is 2.43. The molecule has 0 aromatic heterocycles. The van der Waals surface area contributed by atoms with Gasteiger partial charge >= 0.3 is 0 Å². The van der Waals surface area contributed by atoms with Crippen LogP contribution in [-0.2, 0) is 6.61 Å². The molecule has 0 bridgehead atoms. The van der Waals surface area contributed by atoms with Crippen molar-refractivity contribution in [3.8, 4) is 22.6 Å². The van der Waals surface area contributed by atoms with Gasteiger partial charge in [0.05, 0.1) is 0 Å². The van der Waals surface area contributed by atoms with Gasteiger partial charge in [0.1, 0.15) is 12.4 Å². The molecule has 6 heteroatoms. The van der Waals surface area contributed by atoms with Crippen LogP contribution >= 0.6 is 0 Å². The maximum absolute atomic E-state index is 14.2. The first-order valence-corrected chi connectivity index (χ1v) is 6.08. The molecule has 0 saturated heterocycles. The second-order valence-corrected chi connectivity index (χ2v) is 4.40. The molecule has 106 valence electrons. The maximum atomic E-state index is 14.2. The van der Waals surface area contributed by atoms with Crippen LogP contribution in [0.5, 0.6) is 11.5 Å². The van der Waals surface area contributed by atoms with Crippen LogP contribution < -0.4 is 9.57 Å². The fraction of sp³-hybridized carbons (Fsp3) is 0.0667. The number of nitrogens with one attached hydrogen (secondary N) is 1. The molecule has 4 nitrogen and oxygen atoms in total. The van der Waals surface area contributed by atoms with E-state index in [9.17, 15) is 8.78 Å². The van der Waals surface area contributed by atoms with E-state index in [2.05, 4.69) is 11.9 Å². The van der Waals surface area contributed by atoms with Crippen molar-refractivity contribution in [1.29, 1.82) is 5.41 Å². The van der Waals surface area contributed by atoms with E-state index in [4.69, 9.17) is 15.0 Å². The quantitative estimate of drug-likeness (QED) is 0.694. The van der Waals surface area contributed by atoms with Gasteiger partial charge in [0, 0.05) is 29.6 Å². The first-order chi connectivity index (χ1) is 10.2. The fourth-order valence-corrected chi connectivity index (χ4v) is 2.32. The summed E-state index contributed by atoms with van der Waals surface area (Å²) in [6.07, 6.45) is 0.929. The van der Waals surface area contributed by atoms with Gasteiger partial charge in [0.25, 0.3) is 0 Å². The molecular formula is C15H10F2N2O2. The van der Waals surface area contributed by atoms with Gasteiger partial charge in [-0.2, -0.15) is 4.39 Å². The summed E-state index contributed by atoms with van der Waals surface area (Å²) in [5.74, 6) is -1.35. The molecule has 1 heterocycles. The van der Waals surface area contributed by atoms with Crippen LogP contribution in [-0.4, -0.2) is 12.9 Å². The minimum atomic E-state index is -0.706. The highest BCUT2D eigenvalue weighted by atomic mass is 19.1. The molecule has 1 aliphatic heterocycles. The molecule has 0 fully saturated rings. The highest BCUT2D eigenvalue weighted by molar-refractivity contribution is 5.83. The number of hydrogen-bond acceptors (Lipinski definition) is 4. The Morgan fingerprint density at radius 3 is 2.67 bits per heavy atom. The Balaban J connectivity index is 2.20. The third-order valence-corrected chi connectivity index (χ3v) is 3.30. The smallest absolute Gasteiger partial charge is 0.210 e. The number of fused-ring (bicyclic) bond motifs is 3.